The third-order valence-corrected chi connectivity index (χ3v) is 2.96. The number of carbonyl (C=O) groups excluding carboxylic acids is 1. The quantitative estimate of drug-likeness (QED) is 0.808. The summed E-state index contributed by atoms with van der Waals surface area (Å²) in [5.74, 6) is -0.218. The topological polar surface area (TPSA) is 50.4 Å². The first-order valence-electron chi connectivity index (χ1n) is 5.64. The van der Waals surface area contributed by atoms with Gasteiger partial charge >= 0.3 is 5.97 Å². The van der Waals surface area contributed by atoms with Crippen molar-refractivity contribution in [2.24, 2.45) is 0 Å². The Morgan fingerprint density at radius 2 is 2.35 bits per heavy atom. The summed E-state index contributed by atoms with van der Waals surface area (Å²) < 4.78 is 4.97. The molecule has 0 radical (unpaired) electrons. The summed E-state index contributed by atoms with van der Waals surface area (Å²) in [5.41, 5.74) is 7.09. The number of esters is 1. The van der Waals surface area contributed by atoms with Crippen LogP contribution in [0.2, 0.25) is 5.02 Å². The number of carbonyl (C=O) groups is 1. The Kier molecular flexibility index (Phi) is 3.99. The van der Waals surface area contributed by atoms with E-state index in [4.69, 9.17) is 16.3 Å². The summed E-state index contributed by atoms with van der Waals surface area (Å²) in [4.78, 5) is 11.5. The van der Waals surface area contributed by atoms with Gasteiger partial charge in [0.2, 0.25) is 0 Å². The van der Waals surface area contributed by atoms with Gasteiger partial charge in [-0.25, -0.2) is 10.9 Å². The van der Waals surface area contributed by atoms with Crippen molar-refractivity contribution in [1.29, 1.82) is 0 Å². The number of ether oxygens (including phenoxy) is 1. The van der Waals surface area contributed by atoms with Gasteiger partial charge in [-0.3, -0.25) is 4.79 Å². The van der Waals surface area contributed by atoms with E-state index in [1.54, 1.807) is 6.92 Å². The first-order valence-corrected chi connectivity index (χ1v) is 6.01. The number of benzene rings is 1. The van der Waals surface area contributed by atoms with Crippen molar-refractivity contribution in [3.63, 3.8) is 0 Å². The zero-order valence-electron chi connectivity index (χ0n) is 9.57. The molecule has 1 aromatic carbocycles. The molecule has 0 spiro atoms. The molecular weight excluding hydrogens is 240 g/mol. The van der Waals surface area contributed by atoms with E-state index in [0.29, 0.717) is 18.1 Å². The van der Waals surface area contributed by atoms with Crippen molar-refractivity contribution in [3.8, 4) is 0 Å². The maximum Gasteiger partial charge on any atom is 0.324 e. The van der Waals surface area contributed by atoms with Gasteiger partial charge in [0.1, 0.15) is 6.04 Å². The fourth-order valence-corrected chi connectivity index (χ4v) is 2.09. The lowest BCUT2D eigenvalue weighted by atomic mass is 10.0. The molecule has 0 amide bonds. The molecule has 1 aliphatic rings. The molecule has 0 aliphatic carbocycles. The molecule has 5 heteroatoms. The van der Waals surface area contributed by atoms with Crippen LogP contribution >= 0.6 is 11.6 Å². The normalized spacial score (nSPS) is 23.6. The standard InChI is InChI=1S/C12H15ClN2O2/c1-2-17-12(16)11-7-10(14-15-11)8-4-3-5-9(13)6-8/h3-6,10-11,14-15H,2,7H2,1H3. The molecule has 2 rings (SSSR count). The average molecular weight is 255 g/mol. The smallest absolute Gasteiger partial charge is 0.324 e. The maximum absolute atomic E-state index is 11.5. The van der Waals surface area contributed by atoms with E-state index in [-0.39, 0.29) is 18.1 Å². The second-order valence-electron chi connectivity index (χ2n) is 3.94. The minimum absolute atomic E-state index is 0.0862. The highest BCUT2D eigenvalue weighted by Crippen LogP contribution is 2.24. The van der Waals surface area contributed by atoms with Gasteiger partial charge in [0, 0.05) is 11.1 Å². The molecule has 0 bridgehead atoms. The molecule has 1 heterocycles. The highest BCUT2D eigenvalue weighted by molar-refractivity contribution is 6.30. The number of rotatable bonds is 3. The van der Waals surface area contributed by atoms with Crippen LogP contribution in [0.3, 0.4) is 0 Å². The van der Waals surface area contributed by atoms with Crippen LogP contribution in [0.4, 0.5) is 0 Å². The van der Waals surface area contributed by atoms with Crippen LogP contribution in [0.1, 0.15) is 24.9 Å². The van der Waals surface area contributed by atoms with Crippen LogP contribution in [-0.2, 0) is 9.53 Å². The van der Waals surface area contributed by atoms with E-state index < -0.39 is 0 Å². The van der Waals surface area contributed by atoms with Crippen LogP contribution in [0.15, 0.2) is 24.3 Å². The van der Waals surface area contributed by atoms with Gasteiger partial charge in [-0.1, -0.05) is 23.7 Å². The number of hydrogen-bond acceptors (Lipinski definition) is 4. The predicted octanol–water partition coefficient (Wildman–Crippen LogP) is 1.81. The van der Waals surface area contributed by atoms with Crippen molar-refractivity contribution >= 4 is 17.6 Å². The van der Waals surface area contributed by atoms with Crippen LogP contribution < -0.4 is 10.9 Å². The van der Waals surface area contributed by atoms with E-state index >= 15 is 0 Å². The molecular formula is C12H15ClN2O2. The third-order valence-electron chi connectivity index (χ3n) is 2.73. The highest BCUT2D eigenvalue weighted by atomic mass is 35.5. The summed E-state index contributed by atoms with van der Waals surface area (Å²) in [6, 6.07) is 7.41. The summed E-state index contributed by atoms with van der Waals surface area (Å²) in [6.07, 6.45) is 0.666. The van der Waals surface area contributed by atoms with Crippen LogP contribution in [-0.4, -0.2) is 18.6 Å². The molecule has 92 valence electrons. The number of nitrogens with one attached hydrogen (secondary N) is 2. The zero-order valence-corrected chi connectivity index (χ0v) is 10.3. The number of halogens is 1. The monoisotopic (exact) mass is 254 g/mol. The van der Waals surface area contributed by atoms with E-state index in [1.807, 2.05) is 24.3 Å². The van der Waals surface area contributed by atoms with Crippen molar-refractivity contribution in [2.75, 3.05) is 6.61 Å². The molecule has 0 aromatic heterocycles. The second kappa shape index (κ2) is 5.49. The first kappa shape index (κ1) is 12.4. The summed E-state index contributed by atoms with van der Waals surface area (Å²) >= 11 is 5.93. The number of hydrazine groups is 1. The molecule has 2 unspecified atom stereocenters. The molecule has 17 heavy (non-hydrogen) atoms. The SMILES string of the molecule is CCOC(=O)C1CC(c2cccc(Cl)c2)NN1. The van der Waals surface area contributed by atoms with Gasteiger partial charge in [0.15, 0.2) is 0 Å². The van der Waals surface area contributed by atoms with Crippen LogP contribution in [0.5, 0.6) is 0 Å². The molecule has 4 nitrogen and oxygen atoms in total. The first-order chi connectivity index (χ1) is 8.20. The van der Waals surface area contributed by atoms with Crippen molar-refractivity contribution < 1.29 is 9.53 Å². The Morgan fingerprint density at radius 3 is 3.06 bits per heavy atom. The minimum Gasteiger partial charge on any atom is -0.465 e. The van der Waals surface area contributed by atoms with Gasteiger partial charge in [0.05, 0.1) is 6.61 Å². The minimum atomic E-state index is -0.293. The molecule has 2 N–H and O–H groups in total. The Morgan fingerprint density at radius 1 is 1.53 bits per heavy atom. The molecule has 2 atom stereocenters. The van der Waals surface area contributed by atoms with E-state index in [1.165, 1.54) is 0 Å². The lowest BCUT2D eigenvalue weighted by Gasteiger charge is -2.09. The van der Waals surface area contributed by atoms with E-state index in [0.717, 1.165) is 5.56 Å². The molecule has 1 aliphatic heterocycles. The van der Waals surface area contributed by atoms with Gasteiger partial charge in [-0.05, 0) is 31.0 Å². The van der Waals surface area contributed by atoms with Crippen LogP contribution in [0.25, 0.3) is 0 Å². The Balaban J connectivity index is 2.00. The van der Waals surface area contributed by atoms with Gasteiger partial charge < -0.3 is 4.74 Å². The van der Waals surface area contributed by atoms with Gasteiger partial charge in [0.25, 0.3) is 0 Å². The zero-order chi connectivity index (χ0) is 12.3. The number of hydrogen-bond donors (Lipinski definition) is 2. The molecule has 1 saturated heterocycles. The fourth-order valence-electron chi connectivity index (χ4n) is 1.90. The Labute approximate surface area is 105 Å². The Bertz CT molecular complexity index is 411. The van der Waals surface area contributed by atoms with E-state index in [9.17, 15) is 4.79 Å². The second-order valence-corrected chi connectivity index (χ2v) is 4.37. The molecule has 1 aromatic rings. The van der Waals surface area contributed by atoms with E-state index in [2.05, 4.69) is 10.9 Å². The average Bonchev–Trinajstić information content (AvgIpc) is 2.78. The van der Waals surface area contributed by atoms with Crippen molar-refractivity contribution in [2.45, 2.75) is 25.4 Å². The highest BCUT2D eigenvalue weighted by Gasteiger charge is 2.30. The lowest BCUT2D eigenvalue weighted by Crippen LogP contribution is -2.37. The molecule has 0 saturated carbocycles. The Hall–Kier alpha value is -1.10. The van der Waals surface area contributed by atoms with Gasteiger partial charge in [-0.15, -0.1) is 0 Å². The lowest BCUT2D eigenvalue weighted by molar-refractivity contribution is -0.145. The van der Waals surface area contributed by atoms with Gasteiger partial charge in [-0.2, -0.15) is 0 Å². The fraction of sp³-hybridized carbons (Fsp3) is 0.417. The summed E-state index contributed by atoms with van der Waals surface area (Å²) in [5, 5.41) is 0.698. The van der Waals surface area contributed by atoms with Crippen molar-refractivity contribution in [1.82, 2.24) is 10.9 Å². The molecule has 1 fully saturated rings. The maximum atomic E-state index is 11.5. The third kappa shape index (κ3) is 2.97. The largest absolute Gasteiger partial charge is 0.465 e. The summed E-state index contributed by atoms with van der Waals surface area (Å²) in [6.45, 7) is 2.20. The summed E-state index contributed by atoms with van der Waals surface area (Å²) in [7, 11) is 0. The predicted molar refractivity (Wildman–Crippen MR) is 65.5 cm³/mol. The van der Waals surface area contributed by atoms with Crippen molar-refractivity contribution in [3.05, 3.63) is 34.9 Å². The van der Waals surface area contributed by atoms with Crippen LogP contribution in [0, 0.1) is 0 Å².